The molecule has 1 aromatic heterocycles. The Balaban J connectivity index is 1.25. The first kappa shape index (κ1) is 26.3. The maximum atomic E-state index is 13.4. The zero-order chi connectivity index (χ0) is 27.2. The van der Waals surface area contributed by atoms with Crippen LogP contribution >= 0.6 is 11.6 Å². The summed E-state index contributed by atoms with van der Waals surface area (Å²) in [6, 6.07) is 17.3. The molecular weight excluding hydrogens is 519 g/mol. The van der Waals surface area contributed by atoms with E-state index in [9.17, 15) is 4.39 Å². The lowest BCUT2D eigenvalue weighted by Crippen LogP contribution is -2.50. The van der Waals surface area contributed by atoms with Gasteiger partial charge in [-0.05, 0) is 60.6 Å². The fraction of sp³-hybridized carbons (Fsp3) is 0.214. The van der Waals surface area contributed by atoms with Crippen molar-refractivity contribution in [2.75, 3.05) is 38.5 Å². The van der Waals surface area contributed by atoms with Crippen molar-refractivity contribution in [2.45, 2.75) is 6.61 Å². The van der Waals surface area contributed by atoms with Crippen molar-refractivity contribution < 1.29 is 9.13 Å². The summed E-state index contributed by atoms with van der Waals surface area (Å²) >= 11 is 6.46. The lowest BCUT2D eigenvalue weighted by Gasteiger charge is -2.33. The number of guanidine groups is 1. The molecule has 2 heterocycles. The van der Waals surface area contributed by atoms with Gasteiger partial charge in [0, 0.05) is 37.3 Å². The first-order valence-electron chi connectivity index (χ1n) is 12.4. The van der Waals surface area contributed by atoms with Crippen molar-refractivity contribution in [3.8, 4) is 5.75 Å². The van der Waals surface area contributed by atoms with Crippen molar-refractivity contribution in [2.24, 2.45) is 5.10 Å². The van der Waals surface area contributed by atoms with Crippen LogP contribution in [0.25, 0.3) is 10.9 Å². The monoisotopic (exact) mass is 546 g/mol. The number of fused-ring (bicyclic) bond motifs is 1. The number of hydrogen-bond donors (Lipinski definition) is 3. The quantitative estimate of drug-likeness (QED) is 0.173. The molecule has 0 aliphatic carbocycles. The molecule has 0 bridgehead atoms. The van der Waals surface area contributed by atoms with Crippen molar-refractivity contribution in [3.05, 3.63) is 89.0 Å². The zero-order valence-electron chi connectivity index (χ0n) is 21.4. The Bertz CT molecular complexity index is 1510. The number of nitrogens with one attached hydrogen (secondary N) is 3. The molecule has 11 heteroatoms. The van der Waals surface area contributed by atoms with Crippen LogP contribution in [0, 0.1) is 11.2 Å². The predicted molar refractivity (Wildman–Crippen MR) is 153 cm³/mol. The van der Waals surface area contributed by atoms with Crippen LogP contribution in [0.15, 0.2) is 72.1 Å². The smallest absolute Gasteiger partial charge is 0.212 e. The van der Waals surface area contributed by atoms with Gasteiger partial charge >= 0.3 is 0 Å². The third-order valence-electron chi connectivity index (χ3n) is 6.34. The number of anilines is 2. The van der Waals surface area contributed by atoms with Crippen LogP contribution in [0.5, 0.6) is 5.75 Å². The molecule has 1 saturated heterocycles. The number of hydrogen-bond acceptors (Lipinski definition) is 7. The highest BCUT2D eigenvalue weighted by Gasteiger charge is 2.16. The number of ether oxygens (including phenoxy) is 1. The van der Waals surface area contributed by atoms with Crippen molar-refractivity contribution >= 4 is 46.2 Å². The summed E-state index contributed by atoms with van der Waals surface area (Å²) < 4.78 is 19.2. The molecular formula is C28H28ClFN8O. The molecule has 39 heavy (non-hydrogen) atoms. The molecule has 9 nitrogen and oxygen atoms in total. The van der Waals surface area contributed by atoms with Crippen LogP contribution in [-0.2, 0) is 6.61 Å². The molecule has 1 fully saturated rings. The van der Waals surface area contributed by atoms with E-state index in [1.807, 2.05) is 29.2 Å². The van der Waals surface area contributed by atoms with E-state index in [1.165, 1.54) is 18.5 Å². The largest absolute Gasteiger partial charge is 0.487 e. The highest BCUT2D eigenvalue weighted by Crippen LogP contribution is 2.31. The third-order valence-corrected chi connectivity index (χ3v) is 6.64. The second-order valence-corrected chi connectivity index (χ2v) is 9.60. The van der Waals surface area contributed by atoms with E-state index >= 15 is 0 Å². The minimum absolute atomic E-state index is 0.203. The van der Waals surface area contributed by atoms with Gasteiger partial charge in [0.25, 0.3) is 0 Å². The summed E-state index contributed by atoms with van der Waals surface area (Å²) in [4.78, 5) is 13.0. The number of rotatable bonds is 7. The Morgan fingerprint density at radius 1 is 1.10 bits per heavy atom. The average Bonchev–Trinajstić information content (AvgIpc) is 2.93. The summed E-state index contributed by atoms with van der Waals surface area (Å²) in [6.07, 6.45) is 3.16. The fourth-order valence-corrected chi connectivity index (χ4v) is 4.38. The molecule has 0 amide bonds. The maximum absolute atomic E-state index is 13.4. The topological polar surface area (TPSA) is 102 Å². The molecule has 3 N–H and O–H groups in total. The molecule has 0 saturated carbocycles. The van der Waals surface area contributed by atoms with Gasteiger partial charge in [-0.15, -0.1) is 0 Å². The maximum Gasteiger partial charge on any atom is 0.212 e. The molecule has 0 unspecified atom stereocenters. The van der Waals surface area contributed by atoms with Crippen LogP contribution in [-0.4, -0.2) is 65.2 Å². The van der Waals surface area contributed by atoms with Crippen LogP contribution in [0.4, 0.5) is 15.9 Å². The minimum Gasteiger partial charge on any atom is -0.487 e. The first-order chi connectivity index (χ1) is 18.9. The summed E-state index contributed by atoms with van der Waals surface area (Å²) in [7, 11) is 2.08. The lowest BCUT2D eigenvalue weighted by atomic mass is 10.1. The molecule has 200 valence electrons. The van der Waals surface area contributed by atoms with Gasteiger partial charge in [0.05, 0.1) is 16.8 Å². The van der Waals surface area contributed by atoms with Gasteiger partial charge < -0.3 is 19.9 Å². The van der Waals surface area contributed by atoms with E-state index in [-0.39, 0.29) is 18.4 Å². The van der Waals surface area contributed by atoms with E-state index in [0.717, 1.165) is 48.3 Å². The van der Waals surface area contributed by atoms with Crippen LogP contribution in [0.3, 0.4) is 0 Å². The highest BCUT2D eigenvalue weighted by atomic mass is 35.5. The second-order valence-electron chi connectivity index (χ2n) is 9.20. The number of hydrazone groups is 1. The summed E-state index contributed by atoms with van der Waals surface area (Å²) in [5, 5.41) is 17.0. The predicted octanol–water partition coefficient (Wildman–Crippen LogP) is 4.85. The molecule has 5 rings (SSSR count). The summed E-state index contributed by atoms with van der Waals surface area (Å²) in [5.74, 6) is 1.07. The van der Waals surface area contributed by atoms with Crippen molar-refractivity contribution in [3.63, 3.8) is 0 Å². The fourth-order valence-electron chi connectivity index (χ4n) is 4.14. The van der Waals surface area contributed by atoms with Gasteiger partial charge in [-0.2, -0.15) is 5.10 Å². The van der Waals surface area contributed by atoms with E-state index in [4.69, 9.17) is 21.7 Å². The standard InChI is InChI=1S/C28H28ClFN8O/c1-37-9-11-38(12-10-37)28(31)36-34-16-19-5-7-25-23(14-19)27(33-18-32-25)35-22-6-8-26(24(29)15-22)39-17-20-3-2-4-21(30)13-20/h2-8,13-16,18H,9-12,17H2,1H3,(H2,31,36)(H,32,33,35)/b34-16+. The SMILES string of the molecule is CN1CCN(C(=N)N/N=C/c2ccc3ncnc(Nc4ccc(OCc5cccc(F)c5)c(Cl)c4)c3c2)CC1. The van der Waals surface area contributed by atoms with Gasteiger partial charge in [0.2, 0.25) is 5.96 Å². The molecule has 0 spiro atoms. The van der Waals surface area contributed by atoms with Crippen molar-refractivity contribution in [1.82, 2.24) is 25.2 Å². The Morgan fingerprint density at radius 3 is 2.74 bits per heavy atom. The van der Waals surface area contributed by atoms with Crippen LogP contribution in [0.1, 0.15) is 11.1 Å². The number of likely N-dealkylation sites (N-methyl/N-ethyl adjacent to an activating group) is 1. The Hall–Kier alpha value is -4.28. The minimum atomic E-state index is -0.311. The third kappa shape index (κ3) is 6.78. The Kier molecular flexibility index (Phi) is 8.14. The van der Waals surface area contributed by atoms with Crippen molar-refractivity contribution in [1.29, 1.82) is 5.41 Å². The summed E-state index contributed by atoms with van der Waals surface area (Å²) in [5.41, 5.74) is 5.86. The van der Waals surface area contributed by atoms with Gasteiger partial charge in [-0.1, -0.05) is 29.8 Å². The first-order valence-corrected chi connectivity index (χ1v) is 12.8. The average molecular weight is 547 g/mol. The summed E-state index contributed by atoms with van der Waals surface area (Å²) in [6.45, 7) is 3.64. The molecule has 1 aliphatic heterocycles. The van der Waals surface area contributed by atoms with Gasteiger partial charge in [-0.25, -0.2) is 19.8 Å². The normalized spacial score (nSPS) is 14.1. The number of aromatic nitrogens is 2. The number of nitrogens with zero attached hydrogens (tertiary/aromatic N) is 5. The van der Waals surface area contributed by atoms with E-state index < -0.39 is 0 Å². The van der Waals surface area contributed by atoms with E-state index in [2.05, 4.69) is 37.8 Å². The lowest BCUT2D eigenvalue weighted by molar-refractivity contribution is 0.211. The molecule has 0 atom stereocenters. The molecule has 4 aromatic rings. The number of benzene rings is 3. The number of piperazine rings is 1. The molecule has 1 aliphatic rings. The number of halogens is 2. The zero-order valence-corrected chi connectivity index (χ0v) is 22.1. The van der Waals surface area contributed by atoms with Crippen LogP contribution < -0.4 is 15.5 Å². The Labute approximate surface area is 230 Å². The van der Waals surface area contributed by atoms with Gasteiger partial charge in [0.1, 0.15) is 30.3 Å². The Morgan fingerprint density at radius 2 is 1.95 bits per heavy atom. The molecule has 0 radical (unpaired) electrons. The second kappa shape index (κ2) is 12.1. The highest BCUT2D eigenvalue weighted by molar-refractivity contribution is 6.32. The van der Waals surface area contributed by atoms with E-state index in [1.54, 1.807) is 30.5 Å². The van der Waals surface area contributed by atoms with Crippen LogP contribution in [0.2, 0.25) is 5.02 Å². The van der Waals surface area contributed by atoms with E-state index in [0.29, 0.717) is 22.2 Å². The van der Waals surface area contributed by atoms with Gasteiger partial charge in [-0.3, -0.25) is 5.41 Å². The molecule has 3 aromatic carbocycles. The van der Waals surface area contributed by atoms with Gasteiger partial charge in [0.15, 0.2) is 0 Å².